The minimum absolute atomic E-state index is 0.0282. The molecule has 3 aromatic rings. The third-order valence-electron chi connectivity index (χ3n) is 4.38. The molecule has 0 heterocycles. The van der Waals surface area contributed by atoms with Gasteiger partial charge in [-0.05, 0) is 29.8 Å². The summed E-state index contributed by atoms with van der Waals surface area (Å²) >= 11 is 0. The van der Waals surface area contributed by atoms with Crippen molar-refractivity contribution in [3.8, 4) is 16.9 Å². The van der Waals surface area contributed by atoms with E-state index in [0.29, 0.717) is 11.1 Å². The maximum atomic E-state index is 13.4. The Morgan fingerprint density at radius 3 is 2.11 bits per heavy atom. The molecule has 0 atom stereocenters. The van der Waals surface area contributed by atoms with Crippen molar-refractivity contribution in [1.29, 1.82) is 0 Å². The van der Waals surface area contributed by atoms with Crippen LogP contribution < -0.4 is 0 Å². The highest BCUT2D eigenvalue weighted by atomic mass is 19.4. The Morgan fingerprint density at radius 2 is 1.54 bits per heavy atom. The topological polar surface area (TPSA) is 40.5 Å². The van der Waals surface area contributed by atoms with Crippen molar-refractivity contribution in [2.24, 2.45) is 0 Å². The largest absolute Gasteiger partial charge is 0.507 e. The molecule has 0 aliphatic heterocycles. The van der Waals surface area contributed by atoms with E-state index in [1.165, 1.54) is 11.9 Å². The van der Waals surface area contributed by atoms with Crippen molar-refractivity contribution in [1.82, 2.24) is 4.90 Å². The number of hydrogen-bond acceptors (Lipinski definition) is 2. The molecule has 0 bridgehead atoms. The van der Waals surface area contributed by atoms with Crippen molar-refractivity contribution in [2.45, 2.75) is 12.7 Å². The summed E-state index contributed by atoms with van der Waals surface area (Å²) in [6.07, 6.45) is -4.58. The highest BCUT2D eigenvalue weighted by Gasteiger charge is 2.32. The molecule has 1 N–H and O–H groups in total. The highest BCUT2D eigenvalue weighted by molar-refractivity contribution is 5.94. The van der Waals surface area contributed by atoms with E-state index >= 15 is 0 Å². The minimum Gasteiger partial charge on any atom is -0.507 e. The summed E-state index contributed by atoms with van der Waals surface area (Å²) < 4.78 is 40.2. The van der Waals surface area contributed by atoms with Gasteiger partial charge in [0.1, 0.15) is 5.75 Å². The second-order valence-electron chi connectivity index (χ2n) is 6.42. The van der Waals surface area contributed by atoms with Gasteiger partial charge in [0.15, 0.2) is 0 Å². The van der Waals surface area contributed by atoms with E-state index in [-0.39, 0.29) is 29.3 Å². The molecule has 3 aromatic carbocycles. The van der Waals surface area contributed by atoms with Crippen LogP contribution in [0.1, 0.15) is 21.5 Å². The predicted molar refractivity (Wildman–Crippen MR) is 101 cm³/mol. The van der Waals surface area contributed by atoms with Crippen LogP contribution in [0.2, 0.25) is 0 Å². The monoisotopic (exact) mass is 385 g/mol. The van der Waals surface area contributed by atoms with E-state index < -0.39 is 11.7 Å². The van der Waals surface area contributed by atoms with Crippen LogP contribution in [-0.4, -0.2) is 23.0 Å². The first-order valence-corrected chi connectivity index (χ1v) is 8.56. The number of aromatic hydroxyl groups is 1. The average molecular weight is 385 g/mol. The number of rotatable bonds is 4. The van der Waals surface area contributed by atoms with Crippen molar-refractivity contribution in [2.75, 3.05) is 7.05 Å². The third-order valence-corrected chi connectivity index (χ3v) is 4.38. The van der Waals surface area contributed by atoms with Gasteiger partial charge in [-0.15, -0.1) is 0 Å². The number of benzene rings is 3. The first-order valence-electron chi connectivity index (χ1n) is 8.56. The number of alkyl halides is 3. The van der Waals surface area contributed by atoms with Gasteiger partial charge in [-0.1, -0.05) is 48.5 Å². The molecule has 0 spiro atoms. The maximum absolute atomic E-state index is 13.4. The number of carbonyl (C=O) groups excluding carboxylic acids is 1. The summed E-state index contributed by atoms with van der Waals surface area (Å²) in [6.45, 7) is -0.163. The summed E-state index contributed by atoms with van der Waals surface area (Å²) in [5.41, 5.74) is 0.107. The Labute approximate surface area is 160 Å². The number of phenolic OH excluding ortho intramolecular Hbond substituents is 1. The smallest absolute Gasteiger partial charge is 0.416 e. The molecule has 0 unspecified atom stereocenters. The van der Waals surface area contributed by atoms with Crippen LogP contribution in [0.5, 0.6) is 5.75 Å². The lowest BCUT2D eigenvalue weighted by molar-refractivity contribution is -0.137. The van der Waals surface area contributed by atoms with Crippen LogP contribution in [0.25, 0.3) is 11.1 Å². The molecule has 144 valence electrons. The fourth-order valence-electron chi connectivity index (χ4n) is 2.94. The van der Waals surface area contributed by atoms with Crippen molar-refractivity contribution in [3.63, 3.8) is 0 Å². The molecule has 0 radical (unpaired) electrons. The fourth-order valence-corrected chi connectivity index (χ4v) is 2.94. The van der Waals surface area contributed by atoms with Gasteiger partial charge in [0, 0.05) is 30.3 Å². The van der Waals surface area contributed by atoms with Gasteiger partial charge in [-0.2, -0.15) is 13.2 Å². The van der Waals surface area contributed by atoms with Crippen LogP contribution in [0.3, 0.4) is 0 Å². The standard InChI is InChI=1S/C22H18F3NO2/c1-26(21(28)16-10-6-3-7-11-16)14-17-12-18(22(23,24)25)13-19(20(17)27)15-8-4-2-5-9-15/h2-13,27H,14H2,1H3. The van der Waals surface area contributed by atoms with Gasteiger partial charge < -0.3 is 10.0 Å². The number of nitrogens with zero attached hydrogens (tertiary/aromatic N) is 1. The van der Waals surface area contributed by atoms with E-state index in [4.69, 9.17) is 0 Å². The van der Waals surface area contributed by atoms with E-state index in [1.54, 1.807) is 60.7 Å². The lowest BCUT2D eigenvalue weighted by atomic mass is 9.97. The molecule has 28 heavy (non-hydrogen) atoms. The molecule has 3 nitrogen and oxygen atoms in total. The zero-order chi connectivity index (χ0) is 20.3. The molecular formula is C22H18F3NO2. The molecule has 0 aliphatic rings. The predicted octanol–water partition coefficient (Wildman–Crippen LogP) is 5.35. The van der Waals surface area contributed by atoms with E-state index in [2.05, 4.69) is 0 Å². The second-order valence-corrected chi connectivity index (χ2v) is 6.42. The van der Waals surface area contributed by atoms with E-state index in [1.807, 2.05) is 0 Å². The maximum Gasteiger partial charge on any atom is 0.416 e. The van der Waals surface area contributed by atoms with E-state index in [0.717, 1.165) is 12.1 Å². The quantitative estimate of drug-likeness (QED) is 0.658. The van der Waals surface area contributed by atoms with Gasteiger partial charge in [-0.25, -0.2) is 0 Å². The Balaban J connectivity index is 2.01. The van der Waals surface area contributed by atoms with Gasteiger partial charge in [0.25, 0.3) is 5.91 Å². The summed E-state index contributed by atoms with van der Waals surface area (Å²) in [6, 6.07) is 18.6. The number of phenols is 1. The highest BCUT2D eigenvalue weighted by Crippen LogP contribution is 2.39. The molecule has 1 amide bonds. The van der Waals surface area contributed by atoms with Crippen LogP contribution in [0.15, 0.2) is 72.8 Å². The Morgan fingerprint density at radius 1 is 0.964 bits per heavy atom. The first-order chi connectivity index (χ1) is 13.3. The van der Waals surface area contributed by atoms with Crippen molar-refractivity contribution in [3.05, 3.63) is 89.5 Å². The third kappa shape index (κ3) is 4.17. The molecular weight excluding hydrogens is 367 g/mol. The summed E-state index contributed by atoms with van der Waals surface area (Å²) in [5.74, 6) is -0.620. The van der Waals surface area contributed by atoms with Crippen molar-refractivity contribution < 1.29 is 23.1 Å². The zero-order valence-corrected chi connectivity index (χ0v) is 15.1. The normalized spacial score (nSPS) is 11.3. The Kier molecular flexibility index (Phi) is 5.40. The molecule has 0 aromatic heterocycles. The van der Waals surface area contributed by atoms with E-state index in [9.17, 15) is 23.1 Å². The first kappa shape index (κ1) is 19.5. The zero-order valence-electron chi connectivity index (χ0n) is 15.1. The lowest BCUT2D eigenvalue weighted by Crippen LogP contribution is -2.26. The van der Waals surface area contributed by atoms with Gasteiger partial charge in [-0.3, -0.25) is 4.79 Å². The molecule has 0 saturated heterocycles. The second kappa shape index (κ2) is 7.76. The number of amides is 1. The summed E-state index contributed by atoms with van der Waals surface area (Å²) in [4.78, 5) is 13.8. The number of halogens is 3. The molecule has 3 rings (SSSR count). The SMILES string of the molecule is CN(Cc1cc(C(F)(F)F)cc(-c2ccccc2)c1O)C(=O)c1ccccc1. The van der Waals surface area contributed by atoms with Gasteiger partial charge in [0.05, 0.1) is 5.56 Å². The molecule has 6 heteroatoms. The number of carbonyl (C=O) groups is 1. The Hall–Kier alpha value is -3.28. The van der Waals surface area contributed by atoms with Crippen LogP contribution >= 0.6 is 0 Å². The fraction of sp³-hybridized carbons (Fsp3) is 0.136. The average Bonchev–Trinajstić information content (AvgIpc) is 2.69. The minimum atomic E-state index is -4.58. The van der Waals surface area contributed by atoms with Crippen LogP contribution in [-0.2, 0) is 12.7 Å². The van der Waals surface area contributed by atoms with Gasteiger partial charge >= 0.3 is 6.18 Å². The summed E-state index contributed by atoms with van der Waals surface area (Å²) in [7, 11) is 1.48. The van der Waals surface area contributed by atoms with Crippen LogP contribution in [0, 0.1) is 0 Å². The lowest BCUT2D eigenvalue weighted by Gasteiger charge is -2.21. The molecule has 0 aliphatic carbocycles. The summed E-state index contributed by atoms with van der Waals surface area (Å²) in [5, 5.41) is 10.6. The van der Waals surface area contributed by atoms with Crippen molar-refractivity contribution >= 4 is 5.91 Å². The molecule has 0 saturated carbocycles. The number of hydrogen-bond donors (Lipinski definition) is 1. The Bertz CT molecular complexity index is 970. The van der Waals surface area contributed by atoms with Crippen LogP contribution in [0.4, 0.5) is 13.2 Å². The van der Waals surface area contributed by atoms with Gasteiger partial charge in [0.2, 0.25) is 0 Å². The molecule has 0 fully saturated rings.